The van der Waals surface area contributed by atoms with Crippen molar-refractivity contribution >= 4 is 34.3 Å². The molecule has 0 radical (unpaired) electrons. The highest BCUT2D eigenvalue weighted by atomic mass is 32.2. The van der Waals surface area contributed by atoms with E-state index in [1.54, 1.807) is 30.3 Å². The summed E-state index contributed by atoms with van der Waals surface area (Å²) >= 11 is 0.898. The predicted molar refractivity (Wildman–Crippen MR) is 101 cm³/mol. The average Bonchev–Trinajstić information content (AvgIpc) is 2.66. The van der Waals surface area contributed by atoms with Crippen LogP contribution in [0.5, 0.6) is 5.75 Å². The van der Waals surface area contributed by atoms with Crippen LogP contribution in [0.3, 0.4) is 0 Å². The number of urea groups is 1. The third-order valence-electron chi connectivity index (χ3n) is 3.73. The first kappa shape index (κ1) is 21.8. The molecular weight excluding hydrogens is 436 g/mol. The molecule has 0 spiro atoms. The maximum atomic E-state index is 13.0. The van der Waals surface area contributed by atoms with Crippen molar-refractivity contribution in [1.82, 2.24) is 0 Å². The number of benzene rings is 2. The largest absolute Gasteiger partial charge is 0.573 e. The zero-order chi connectivity index (χ0) is 21.9. The SMILES string of the molecule is O=C1N(c2ccccc2)CSC(=NCC(F)(F)F)N1c1ccc(OC(F)(F)F)cc1. The van der Waals surface area contributed by atoms with E-state index < -0.39 is 30.9 Å². The quantitative estimate of drug-likeness (QED) is 0.568. The zero-order valence-electron chi connectivity index (χ0n) is 14.9. The van der Waals surface area contributed by atoms with Gasteiger partial charge in [-0.1, -0.05) is 30.0 Å². The number of thioether (sulfide) groups is 1. The van der Waals surface area contributed by atoms with Gasteiger partial charge in [0.05, 0.1) is 11.6 Å². The lowest BCUT2D eigenvalue weighted by atomic mass is 10.2. The van der Waals surface area contributed by atoms with Gasteiger partial charge in [-0.15, -0.1) is 13.2 Å². The van der Waals surface area contributed by atoms with Gasteiger partial charge in [0.15, 0.2) is 5.17 Å². The molecule has 1 saturated heterocycles. The summed E-state index contributed by atoms with van der Waals surface area (Å²) in [4.78, 5) is 18.8. The van der Waals surface area contributed by atoms with Crippen molar-refractivity contribution in [2.24, 2.45) is 4.99 Å². The molecule has 2 aromatic carbocycles. The van der Waals surface area contributed by atoms with Crippen LogP contribution < -0.4 is 14.5 Å². The van der Waals surface area contributed by atoms with Gasteiger partial charge in [-0.2, -0.15) is 13.2 Å². The lowest BCUT2D eigenvalue weighted by Crippen LogP contribution is -2.50. The Morgan fingerprint density at radius 2 is 1.57 bits per heavy atom. The zero-order valence-corrected chi connectivity index (χ0v) is 15.8. The fourth-order valence-corrected chi connectivity index (χ4v) is 3.50. The number of amidine groups is 1. The molecule has 0 N–H and O–H groups in total. The number of nitrogens with zero attached hydrogens (tertiary/aromatic N) is 3. The molecule has 160 valence electrons. The molecule has 1 aliphatic rings. The van der Waals surface area contributed by atoms with Gasteiger partial charge < -0.3 is 4.74 Å². The number of hydrogen-bond acceptors (Lipinski definition) is 4. The molecule has 2 amide bonds. The number of carbonyl (C=O) groups is 1. The number of carbonyl (C=O) groups excluding carboxylic acids is 1. The summed E-state index contributed by atoms with van der Waals surface area (Å²) < 4.78 is 78.7. The Hall–Kier alpha value is -2.89. The number of halogens is 6. The van der Waals surface area contributed by atoms with Crippen LogP contribution in [0.1, 0.15) is 0 Å². The minimum atomic E-state index is -4.90. The fraction of sp³-hybridized carbons (Fsp3) is 0.222. The lowest BCUT2D eigenvalue weighted by molar-refractivity contribution is -0.274. The van der Waals surface area contributed by atoms with Gasteiger partial charge in [0, 0.05) is 5.69 Å². The Kier molecular flexibility index (Phi) is 6.15. The van der Waals surface area contributed by atoms with Crippen LogP contribution in [0, 0.1) is 0 Å². The number of alkyl halides is 6. The number of para-hydroxylation sites is 1. The first-order valence-corrected chi connectivity index (χ1v) is 9.28. The normalized spacial score (nSPS) is 16.9. The topological polar surface area (TPSA) is 45.1 Å². The Balaban J connectivity index is 1.94. The average molecular weight is 449 g/mol. The lowest BCUT2D eigenvalue weighted by Gasteiger charge is -2.35. The highest BCUT2D eigenvalue weighted by Crippen LogP contribution is 2.32. The molecule has 2 aromatic rings. The summed E-state index contributed by atoms with van der Waals surface area (Å²) in [6.07, 6.45) is -9.48. The molecule has 12 heteroatoms. The van der Waals surface area contributed by atoms with Gasteiger partial charge in [-0.25, -0.2) is 9.69 Å². The van der Waals surface area contributed by atoms with E-state index in [-0.39, 0.29) is 16.7 Å². The number of rotatable bonds is 4. The Morgan fingerprint density at radius 3 is 2.13 bits per heavy atom. The van der Waals surface area contributed by atoms with Crippen LogP contribution in [0.2, 0.25) is 0 Å². The molecule has 0 aliphatic carbocycles. The molecule has 5 nitrogen and oxygen atoms in total. The number of amides is 2. The van der Waals surface area contributed by atoms with Crippen molar-refractivity contribution in [2.75, 3.05) is 22.2 Å². The van der Waals surface area contributed by atoms with E-state index in [0.717, 1.165) is 40.9 Å². The van der Waals surface area contributed by atoms with Crippen LogP contribution in [0.4, 0.5) is 42.5 Å². The van der Waals surface area contributed by atoms with Crippen LogP contribution in [0.15, 0.2) is 59.6 Å². The highest BCUT2D eigenvalue weighted by Gasteiger charge is 2.36. The first-order valence-electron chi connectivity index (χ1n) is 8.30. The molecule has 0 bridgehead atoms. The third-order valence-corrected chi connectivity index (χ3v) is 4.68. The van der Waals surface area contributed by atoms with Gasteiger partial charge in [-0.3, -0.25) is 9.89 Å². The molecule has 30 heavy (non-hydrogen) atoms. The molecular formula is C18H13F6N3O2S. The van der Waals surface area contributed by atoms with Crippen molar-refractivity contribution in [3.63, 3.8) is 0 Å². The third kappa shape index (κ3) is 5.59. The van der Waals surface area contributed by atoms with Crippen LogP contribution in [-0.2, 0) is 0 Å². The second kappa shape index (κ2) is 8.46. The van der Waals surface area contributed by atoms with Crippen molar-refractivity contribution in [2.45, 2.75) is 12.5 Å². The van der Waals surface area contributed by atoms with Crippen LogP contribution in [-0.4, -0.2) is 36.2 Å². The molecule has 0 unspecified atom stereocenters. The molecule has 1 heterocycles. The second-order valence-electron chi connectivity index (χ2n) is 5.91. The number of anilines is 2. The van der Waals surface area contributed by atoms with E-state index in [1.165, 1.54) is 4.90 Å². The van der Waals surface area contributed by atoms with Crippen LogP contribution in [0.25, 0.3) is 0 Å². The van der Waals surface area contributed by atoms with Gasteiger partial charge in [-0.05, 0) is 36.4 Å². The van der Waals surface area contributed by atoms with E-state index in [9.17, 15) is 31.1 Å². The predicted octanol–water partition coefficient (Wildman–Crippen LogP) is 5.64. The molecule has 0 atom stereocenters. The molecule has 0 saturated carbocycles. The minimum Gasteiger partial charge on any atom is -0.406 e. The molecule has 3 rings (SSSR count). The van der Waals surface area contributed by atoms with Gasteiger partial charge in [0.25, 0.3) is 0 Å². The number of aliphatic imine (C=N–C) groups is 1. The molecule has 1 aliphatic heterocycles. The smallest absolute Gasteiger partial charge is 0.406 e. The van der Waals surface area contributed by atoms with E-state index in [1.807, 2.05) is 0 Å². The van der Waals surface area contributed by atoms with E-state index in [2.05, 4.69) is 9.73 Å². The van der Waals surface area contributed by atoms with Crippen molar-refractivity contribution in [3.05, 3.63) is 54.6 Å². The number of hydrogen-bond donors (Lipinski definition) is 0. The van der Waals surface area contributed by atoms with Crippen LogP contribution >= 0.6 is 11.8 Å². The summed E-state index contributed by atoms with van der Waals surface area (Å²) in [7, 11) is 0. The summed E-state index contributed by atoms with van der Waals surface area (Å²) in [5, 5.41) is -0.214. The Labute approximate surface area is 170 Å². The maximum Gasteiger partial charge on any atom is 0.573 e. The maximum absolute atomic E-state index is 13.0. The van der Waals surface area contributed by atoms with E-state index in [4.69, 9.17) is 0 Å². The van der Waals surface area contributed by atoms with Crippen molar-refractivity contribution in [3.8, 4) is 5.75 Å². The fourth-order valence-electron chi connectivity index (χ4n) is 2.53. The second-order valence-corrected chi connectivity index (χ2v) is 6.82. The van der Waals surface area contributed by atoms with E-state index in [0.29, 0.717) is 5.69 Å². The Bertz CT molecular complexity index is 916. The summed E-state index contributed by atoms with van der Waals surface area (Å²) in [6, 6.07) is 11.9. The van der Waals surface area contributed by atoms with Gasteiger partial charge in [0.1, 0.15) is 12.3 Å². The summed E-state index contributed by atoms with van der Waals surface area (Å²) in [5.41, 5.74) is 0.551. The summed E-state index contributed by atoms with van der Waals surface area (Å²) in [6.45, 7) is -1.50. The number of ether oxygens (including phenoxy) is 1. The standard InChI is InChI=1S/C18H13F6N3O2S/c19-17(20,21)10-25-15-27(13-6-8-14(9-7-13)29-18(22,23)24)16(28)26(11-30-15)12-4-2-1-3-5-12/h1-9H,10-11H2. The van der Waals surface area contributed by atoms with Gasteiger partial charge in [0.2, 0.25) is 0 Å². The van der Waals surface area contributed by atoms with Crippen molar-refractivity contribution < 1.29 is 35.9 Å². The van der Waals surface area contributed by atoms with Gasteiger partial charge >= 0.3 is 18.6 Å². The first-order chi connectivity index (χ1) is 14.0. The van der Waals surface area contributed by atoms with Crippen molar-refractivity contribution in [1.29, 1.82) is 0 Å². The highest BCUT2D eigenvalue weighted by molar-refractivity contribution is 8.14. The monoisotopic (exact) mass is 449 g/mol. The summed E-state index contributed by atoms with van der Waals surface area (Å²) in [5.74, 6) is -0.511. The molecule has 0 aromatic heterocycles. The molecule has 1 fully saturated rings. The minimum absolute atomic E-state index is 0.0192. The van der Waals surface area contributed by atoms with E-state index >= 15 is 0 Å². The Morgan fingerprint density at radius 1 is 0.933 bits per heavy atom.